The van der Waals surface area contributed by atoms with Crippen LogP contribution in [0.25, 0.3) is 0 Å². The molecule has 0 aromatic heterocycles. The van der Waals surface area contributed by atoms with Gasteiger partial charge in [-0.25, -0.2) is 18.3 Å². The van der Waals surface area contributed by atoms with Crippen molar-refractivity contribution in [2.45, 2.75) is 0 Å². The molecule has 0 saturated heterocycles. The largest absolute Gasteiger partial charge is 0.490 e. The minimum absolute atomic E-state index is 0. The Morgan fingerprint density at radius 2 is 0.789 bits per heavy atom. The van der Waals surface area contributed by atoms with Gasteiger partial charge in [0.2, 0.25) is 0 Å². The van der Waals surface area contributed by atoms with Gasteiger partial charge in [0.25, 0.3) is 0 Å². The van der Waals surface area contributed by atoms with Gasteiger partial charge in [0.1, 0.15) is 0 Å². The second-order valence-corrected chi connectivity index (χ2v) is 7.96. The Labute approximate surface area is 134 Å². The number of hydrogen-bond acceptors (Lipinski definition) is 7. The third-order valence-corrected chi connectivity index (χ3v) is 5.63. The zero-order chi connectivity index (χ0) is 14.1. The topological polar surface area (TPSA) is 217 Å². The first kappa shape index (κ1) is 25.9. The predicted octanol–water partition coefficient (Wildman–Crippen LogP) is -1.50. The van der Waals surface area contributed by atoms with Gasteiger partial charge in [0.15, 0.2) is 0 Å². The summed E-state index contributed by atoms with van der Waals surface area (Å²) in [4.78, 5) is 49.4. The minimum Gasteiger partial charge on any atom is -0.302 e. The van der Waals surface area contributed by atoms with E-state index < -0.39 is 31.3 Å². The van der Waals surface area contributed by atoms with Crippen molar-refractivity contribution in [3.05, 3.63) is 0 Å². The zero-order valence-electron chi connectivity index (χ0n) is 8.04. The molecule has 0 aliphatic carbocycles. The molecule has 0 rings (SSSR count). The Hall–Kier alpha value is 1.95. The van der Waals surface area contributed by atoms with Crippen LogP contribution in [0.1, 0.15) is 0 Å². The molecule has 110 valence electrons. The first-order valence-corrected chi connectivity index (χ1v) is 9.08. The fourth-order valence-electron chi connectivity index (χ4n) is 0.429. The second-order valence-electron chi connectivity index (χ2n) is 2.16. The molecule has 2 unspecified atom stereocenters. The van der Waals surface area contributed by atoms with Gasteiger partial charge < -0.3 is 29.4 Å². The molecule has 2 atom stereocenters. The Morgan fingerprint density at radius 3 is 0.947 bits per heavy atom. The Kier molecular flexibility index (Phi) is 11.6. The summed E-state index contributed by atoms with van der Waals surface area (Å²) in [5.41, 5.74) is 0. The van der Waals surface area contributed by atoms with Gasteiger partial charge in [0.05, 0.1) is 0 Å². The molecule has 0 aromatic carbocycles. The van der Waals surface area contributed by atoms with Crippen molar-refractivity contribution in [3.8, 4) is 0 Å². The van der Waals surface area contributed by atoms with E-state index in [0.29, 0.717) is 0 Å². The van der Waals surface area contributed by atoms with Crippen LogP contribution < -0.4 is 0 Å². The van der Waals surface area contributed by atoms with Gasteiger partial charge in [-0.15, -0.1) is 0 Å². The van der Waals surface area contributed by atoms with Gasteiger partial charge >= 0.3 is 54.3 Å². The molecule has 19 heavy (non-hydrogen) atoms. The summed E-state index contributed by atoms with van der Waals surface area (Å²) >= 11 is 0. The van der Waals surface area contributed by atoms with Crippen molar-refractivity contribution >= 4 is 54.3 Å². The van der Waals surface area contributed by atoms with Gasteiger partial charge in [0, 0.05) is 19.5 Å². The van der Waals surface area contributed by atoms with Crippen molar-refractivity contribution < 1.29 is 80.0 Å². The maximum Gasteiger partial charge on any atom is 0.490 e. The van der Waals surface area contributed by atoms with Crippen LogP contribution in [0.3, 0.4) is 0 Å². The smallest absolute Gasteiger partial charge is 0.302 e. The van der Waals surface area contributed by atoms with Crippen molar-refractivity contribution in [3.63, 3.8) is 0 Å². The summed E-state index contributed by atoms with van der Waals surface area (Å²) in [6.45, 7) is 0. The molecule has 6 N–H and O–H groups in total. The van der Waals surface area contributed by atoms with Crippen LogP contribution in [0.15, 0.2) is 0 Å². The van der Waals surface area contributed by atoms with Crippen LogP contribution in [0.4, 0.5) is 0 Å². The molecular weight excluding hydrogens is 422 g/mol. The molecule has 19 heteroatoms. The molecule has 0 bridgehead atoms. The molecule has 0 radical (unpaired) electrons. The van der Waals surface area contributed by atoms with Gasteiger partial charge in [-0.3, -0.25) is 0 Å². The van der Waals surface area contributed by atoms with Crippen LogP contribution in [0.2, 0.25) is 0 Å². The molecule has 0 aliphatic rings. The Balaban J connectivity index is -0.00000128. The van der Waals surface area contributed by atoms with E-state index in [1.165, 1.54) is 0 Å². The average molecular weight is 430 g/mol. The van der Waals surface area contributed by atoms with E-state index in [0.717, 1.165) is 0 Å². The van der Waals surface area contributed by atoms with Crippen LogP contribution in [0, 0.1) is 0 Å². The quantitative estimate of drug-likeness (QED) is 0.209. The Bertz CT molecular complexity index is 413. The minimum atomic E-state index is -5.77. The van der Waals surface area contributed by atoms with Crippen molar-refractivity contribution in [1.29, 1.82) is 0 Å². The summed E-state index contributed by atoms with van der Waals surface area (Å²) in [7, 11) is -22.6. The summed E-state index contributed by atoms with van der Waals surface area (Å²) in [6.07, 6.45) is 0. The predicted molar refractivity (Wildman–Crippen MR) is 55.5 cm³/mol. The average Bonchev–Trinajstić information content (AvgIpc) is 1.65. The second kappa shape index (κ2) is 8.55. The maximum atomic E-state index is 10.7. The first-order chi connectivity index (χ1) is 7.12. The zero-order valence-corrected chi connectivity index (χ0v) is 14.6. The molecule has 0 heterocycles. The summed E-state index contributed by atoms with van der Waals surface area (Å²) < 4.78 is 50.9. The third kappa shape index (κ3) is 16.2. The molecule has 13 nitrogen and oxygen atoms in total. The van der Waals surface area contributed by atoms with E-state index in [9.17, 15) is 18.3 Å². The van der Waals surface area contributed by atoms with Gasteiger partial charge in [-0.1, -0.05) is 0 Å². The van der Waals surface area contributed by atoms with E-state index >= 15 is 0 Å². The SMILES string of the molecule is O=P(O)(O)OP(=O)(O)OP(=O)(O)OP(=O)(O)O.[MgH2].[Zn]. The van der Waals surface area contributed by atoms with E-state index in [-0.39, 0.29) is 42.5 Å². The first-order valence-electron chi connectivity index (χ1n) is 3.03. The molecule has 0 saturated carbocycles. The van der Waals surface area contributed by atoms with E-state index in [1.54, 1.807) is 0 Å². The van der Waals surface area contributed by atoms with E-state index in [2.05, 4.69) is 12.9 Å². The summed E-state index contributed by atoms with van der Waals surface area (Å²) in [5.74, 6) is 0. The van der Waals surface area contributed by atoms with Crippen LogP contribution >= 0.6 is 31.3 Å². The van der Waals surface area contributed by atoms with Gasteiger partial charge in [-0.05, 0) is 0 Å². The maximum absolute atomic E-state index is 10.7. The van der Waals surface area contributed by atoms with Crippen LogP contribution in [-0.4, -0.2) is 52.4 Å². The number of hydrogen-bond donors (Lipinski definition) is 6. The molecule has 0 aromatic rings. The van der Waals surface area contributed by atoms with E-state index in [1.807, 2.05) is 0 Å². The standard InChI is InChI=1S/Mg.H6O13P4.Zn.2H/c;1-14(2,3)11-16(7,8)13-17(9,10)12-15(4,5)6;;;/h;(H,7,8)(H,9,10)(H2,1,2,3)(H2,4,5,6);;;. The molecule has 0 spiro atoms. The van der Waals surface area contributed by atoms with Crippen molar-refractivity contribution in [2.75, 3.05) is 0 Å². The number of phosphoric acid groups is 4. The van der Waals surface area contributed by atoms with Crippen molar-refractivity contribution in [1.82, 2.24) is 0 Å². The monoisotopic (exact) mass is 428 g/mol. The fraction of sp³-hybridized carbons (Fsp3) is 0. The number of rotatable bonds is 6. The fourth-order valence-corrected chi connectivity index (χ4v) is 4.40. The van der Waals surface area contributed by atoms with Crippen molar-refractivity contribution in [2.24, 2.45) is 0 Å². The molecule has 0 fully saturated rings. The Morgan fingerprint density at radius 1 is 0.579 bits per heavy atom. The molecular formula is H8MgO13P4Zn. The normalized spacial score (nSPS) is 18.4. The molecule has 0 amide bonds. The van der Waals surface area contributed by atoms with Crippen LogP contribution in [-0.2, 0) is 50.7 Å². The third-order valence-electron chi connectivity index (χ3n) is 0.625. The summed E-state index contributed by atoms with van der Waals surface area (Å²) in [5, 5.41) is 0. The van der Waals surface area contributed by atoms with Crippen LogP contribution in [0.5, 0.6) is 0 Å². The van der Waals surface area contributed by atoms with E-state index in [4.69, 9.17) is 29.4 Å². The molecule has 0 aliphatic heterocycles. The summed E-state index contributed by atoms with van der Waals surface area (Å²) in [6, 6.07) is 0. The van der Waals surface area contributed by atoms with Gasteiger partial charge in [-0.2, -0.15) is 12.9 Å².